The van der Waals surface area contributed by atoms with Crippen LogP contribution in [0.4, 0.5) is 5.82 Å². The van der Waals surface area contributed by atoms with Gasteiger partial charge in [0.1, 0.15) is 5.82 Å². The molecule has 2 aromatic heterocycles. The van der Waals surface area contributed by atoms with E-state index in [1.165, 1.54) is 5.56 Å². The summed E-state index contributed by atoms with van der Waals surface area (Å²) < 4.78 is 1.76. The highest BCUT2D eigenvalue weighted by molar-refractivity contribution is 5.93. The smallest absolute Gasteiger partial charge is 0.254 e. The molecule has 1 amide bonds. The quantitative estimate of drug-likeness (QED) is 0.742. The van der Waals surface area contributed by atoms with E-state index in [0.717, 1.165) is 22.4 Å². The highest BCUT2D eigenvalue weighted by Crippen LogP contribution is 2.14. The minimum Gasteiger partial charge on any atom is -0.384 e. The zero-order chi connectivity index (χ0) is 18.7. The molecule has 1 aromatic carbocycles. The number of carbonyl (C=O) groups is 1. The molecule has 3 rings (SSSR count). The van der Waals surface area contributed by atoms with Gasteiger partial charge in [-0.05, 0) is 43.5 Å². The third-order valence-corrected chi connectivity index (χ3v) is 4.36. The van der Waals surface area contributed by atoms with Gasteiger partial charge in [-0.25, -0.2) is 4.98 Å². The van der Waals surface area contributed by atoms with Crippen molar-refractivity contribution >= 4 is 11.7 Å². The second-order valence-corrected chi connectivity index (χ2v) is 6.52. The van der Waals surface area contributed by atoms with Crippen LogP contribution in [0.2, 0.25) is 0 Å². The summed E-state index contributed by atoms with van der Waals surface area (Å²) in [6.07, 6.45) is 3.35. The number of hydrogen-bond acceptors (Lipinski definition) is 4. The molecule has 0 fully saturated rings. The molecule has 2 heterocycles. The summed E-state index contributed by atoms with van der Waals surface area (Å²) in [5.74, 6) is 0.336. The maximum absolute atomic E-state index is 12.4. The van der Waals surface area contributed by atoms with Crippen LogP contribution in [-0.2, 0) is 13.1 Å². The Labute approximate surface area is 153 Å². The standard InChI is InChI=1S/C20H23N5O/c1-13-4-6-16(7-5-13)11-25-12-17(9-23-25)20(26)22-10-18-14(2)8-19(21)24-15(18)3/h4-9,12H,10-11H2,1-3H3,(H2,21,24)(H,22,26). The van der Waals surface area contributed by atoms with Crippen LogP contribution in [0, 0.1) is 20.8 Å². The van der Waals surface area contributed by atoms with Crippen LogP contribution in [0.5, 0.6) is 0 Å². The van der Waals surface area contributed by atoms with Crippen LogP contribution in [0.25, 0.3) is 0 Å². The summed E-state index contributed by atoms with van der Waals surface area (Å²) in [6.45, 7) is 6.96. The third kappa shape index (κ3) is 4.08. The second-order valence-electron chi connectivity index (χ2n) is 6.52. The Morgan fingerprint density at radius 1 is 1.19 bits per heavy atom. The fourth-order valence-corrected chi connectivity index (χ4v) is 2.87. The Hall–Kier alpha value is -3.15. The summed E-state index contributed by atoms with van der Waals surface area (Å²) in [5, 5.41) is 7.21. The van der Waals surface area contributed by atoms with Crippen LogP contribution >= 0.6 is 0 Å². The van der Waals surface area contributed by atoms with Gasteiger partial charge in [0.25, 0.3) is 5.91 Å². The van der Waals surface area contributed by atoms with Gasteiger partial charge in [0.05, 0.1) is 18.3 Å². The molecule has 0 aliphatic carbocycles. The van der Waals surface area contributed by atoms with E-state index in [1.54, 1.807) is 17.1 Å². The minimum atomic E-state index is -0.157. The molecule has 0 spiro atoms. The predicted octanol–water partition coefficient (Wildman–Crippen LogP) is 2.76. The van der Waals surface area contributed by atoms with Crippen molar-refractivity contribution in [2.24, 2.45) is 0 Å². The number of hydrogen-bond donors (Lipinski definition) is 2. The molecule has 0 unspecified atom stereocenters. The molecule has 0 saturated carbocycles. The van der Waals surface area contributed by atoms with Crippen molar-refractivity contribution in [2.45, 2.75) is 33.9 Å². The molecule has 6 nitrogen and oxygen atoms in total. The maximum Gasteiger partial charge on any atom is 0.254 e. The third-order valence-electron chi connectivity index (χ3n) is 4.36. The van der Waals surface area contributed by atoms with Crippen molar-refractivity contribution in [3.8, 4) is 0 Å². The van der Waals surface area contributed by atoms with Crippen LogP contribution in [-0.4, -0.2) is 20.7 Å². The number of nitrogens with zero attached hydrogens (tertiary/aromatic N) is 3. The van der Waals surface area contributed by atoms with Crippen LogP contribution in [0.15, 0.2) is 42.7 Å². The highest BCUT2D eigenvalue weighted by atomic mass is 16.1. The fraction of sp³-hybridized carbons (Fsp3) is 0.250. The van der Waals surface area contributed by atoms with Crippen molar-refractivity contribution in [1.29, 1.82) is 0 Å². The SMILES string of the molecule is Cc1ccc(Cn2cc(C(=O)NCc3c(C)cc(N)nc3C)cn2)cc1. The number of amides is 1. The molecule has 3 N–H and O–H groups in total. The number of pyridine rings is 1. The van der Waals surface area contributed by atoms with Crippen molar-refractivity contribution in [3.63, 3.8) is 0 Å². The number of carbonyl (C=O) groups excluding carboxylic acids is 1. The average molecular weight is 349 g/mol. The van der Waals surface area contributed by atoms with E-state index in [4.69, 9.17) is 5.73 Å². The summed E-state index contributed by atoms with van der Waals surface area (Å²) in [6, 6.07) is 10.1. The summed E-state index contributed by atoms with van der Waals surface area (Å²) in [5.41, 5.74) is 11.5. The lowest BCUT2D eigenvalue weighted by Crippen LogP contribution is -2.23. The molecule has 26 heavy (non-hydrogen) atoms. The second kappa shape index (κ2) is 7.39. The predicted molar refractivity (Wildman–Crippen MR) is 102 cm³/mol. The first-order valence-corrected chi connectivity index (χ1v) is 8.51. The zero-order valence-electron chi connectivity index (χ0n) is 15.3. The number of nitrogens with one attached hydrogen (secondary N) is 1. The van der Waals surface area contributed by atoms with Gasteiger partial charge >= 0.3 is 0 Å². The molecule has 3 aromatic rings. The number of aromatic nitrogens is 3. The number of anilines is 1. The van der Waals surface area contributed by atoms with Gasteiger partial charge in [-0.1, -0.05) is 29.8 Å². The van der Waals surface area contributed by atoms with Gasteiger partial charge in [-0.3, -0.25) is 9.48 Å². The molecule has 0 atom stereocenters. The molecule has 0 aliphatic heterocycles. The van der Waals surface area contributed by atoms with Crippen LogP contribution in [0.1, 0.15) is 38.3 Å². The number of benzene rings is 1. The van der Waals surface area contributed by atoms with E-state index < -0.39 is 0 Å². The fourth-order valence-electron chi connectivity index (χ4n) is 2.87. The summed E-state index contributed by atoms with van der Waals surface area (Å²) in [7, 11) is 0. The Balaban J connectivity index is 1.64. The Morgan fingerprint density at radius 2 is 1.92 bits per heavy atom. The molecular weight excluding hydrogens is 326 g/mol. The van der Waals surface area contributed by atoms with Gasteiger partial charge in [0, 0.05) is 18.4 Å². The van der Waals surface area contributed by atoms with E-state index in [-0.39, 0.29) is 5.91 Å². The molecule has 6 heteroatoms. The first-order valence-electron chi connectivity index (χ1n) is 8.51. The lowest BCUT2D eigenvalue weighted by atomic mass is 10.1. The number of nitrogens with two attached hydrogens (primary N) is 1. The molecule has 0 saturated heterocycles. The van der Waals surface area contributed by atoms with Crippen molar-refractivity contribution in [3.05, 3.63) is 76.2 Å². The monoisotopic (exact) mass is 349 g/mol. The first-order chi connectivity index (χ1) is 12.4. The van der Waals surface area contributed by atoms with Gasteiger partial charge in [-0.2, -0.15) is 5.10 Å². The van der Waals surface area contributed by atoms with Gasteiger partial charge in [-0.15, -0.1) is 0 Å². The average Bonchev–Trinajstić information content (AvgIpc) is 3.04. The molecule has 134 valence electrons. The van der Waals surface area contributed by atoms with E-state index in [9.17, 15) is 4.79 Å². The molecular formula is C20H23N5O. The van der Waals surface area contributed by atoms with Gasteiger partial charge in [0.2, 0.25) is 0 Å². The van der Waals surface area contributed by atoms with Gasteiger partial charge in [0.15, 0.2) is 0 Å². The van der Waals surface area contributed by atoms with E-state index >= 15 is 0 Å². The lowest BCUT2D eigenvalue weighted by Gasteiger charge is -2.11. The minimum absolute atomic E-state index is 0.157. The molecule has 0 bridgehead atoms. The number of aryl methyl sites for hydroxylation is 3. The Bertz CT molecular complexity index is 905. The van der Waals surface area contributed by atoms with Crippen LogP contribution < -0.4 is 11.1 Å². The maximum atomic E-state index is 12.4. The summed E-state index contributed by atoms with van der Waals surface area (Å²) in [4.78, 5) is 16.7. The number of rotatable bonds is 5. The first kappa shape index (κ1) is 17.7. The number of nitrogen functional groups attached to an aromatic ring is 1. The Kier molecular flexibility index (Phi) is 5.02. The van der Waals surface area contributed by atoms with E-state index in [2.05, 4.69) is 46.6 Å². The lowest BCUT2D eigenvalue weighted by molar-refractivity contribution is 0.0950. The van der Waals surface area contributed by atoms with Crippen molar-refractivity contribution in [1.82, 2.24) is 20.1 Å². The molecule has 0 aliphatic rings. The van der Waals surface area contributed by atoms with Gasteiger partial charge < -0.3 is 11.1 Å². The normalized spacial score (nSPS) is 10.7. The van der Waals surface area contributed by atoms with Crippen LogP contribution in [0.3, 0.4) is 0 Å². The van der Waals surface area contributed by atoms with E-state index in [1.807, 2.05) is 19.9 Å². The summed E-state index contributed by atoms with van der Waals surface area (Å²) >= 11 is 0. The molecule has 0 radical (unpaired) electrons. The van der Waals surface area contributed by atoms with Crippen molar-refractivity contribution in [2.75, 3.05) is 5.73 Å². The van der Waals surface area contributed by atoms with Crippen molar-refractivity contribution < 1.29 is 4.79 Å². The topological polar surface area (TPSA) is 85.8 Å². The van der Waals surface area contributed by atoms with E-state index in [0.29, 0.717) is 24.5 Å². The largest absolute Gasteiger partial charge is 0.384 e. The highest BCUT2D eigenvalue weighted by Gasteiger charge is 2.11. The zero-order valence-corrected chi connectivity index (χ0v) is 15.3. The Morgan fingerprint density at radius 3 is 2.62 bits per heavy atom.